The first-order valence-corrected chi connectivity index (χ1v) is 10.1. The van der Waals surface area contributed by atoms with E-state index in [1.165, 1.54) is 9.80 Å². The van der Waals surface area contributed by atoms with Crippen LogP contribution in [-0.2, 0) is 9.59 Å². The van der Waals surface area contributed by atoms with Crippen LogP contribution in [0.3, 0.4) is 0 Å². The van der Waals surface area contributed by atoms with Gasteiger partial charge in [-0.15, -0.1) is 11.3 Å². The van der Waals surface area contributed by atoms with Gasteiger partial charge in [-0.25, -0.2) is 9.78 Å². The molecule has 2 heterocycles. The summed E-state index contributed by atoms with van der Waals surface area (Å²) in [5, 5.41) is 3.78. The van der Waals surface area contributed by atoms with Crippen LogP contribution in [0.1, 0.15) is 12.8 Å². The molecule has 1 aliphatic heterocycles. The van der Waals surface area contributed by atoms with Crippen LogP contribution >= 0.6 is 11.3 Å². The second-order valence-electron chi connectivity index (χ2n) is 6.90. The third kappa shape index (κ3) is 4.12. The van der Waals surface area contributed by atoms with Gasteiger partial charge in [0.1, 0.15) is 11.6 Å². The molecule has 1 saturated heterocycles. The number of imide groups is 1. The number of amides is 4. The normalized spacial score (nSPS) is 14.1. The number of fused-ring (bicyclic) bond motifs is 1. The van der Waals surface area contributed by atoms with Crippen LogP contribution in [0.4, 0.5) is 10.5 Å². The molecule has 1 N–H and O–H groups in total. The van der Waals surface area contributed by atoms with Crippen LogP contribution < -0.4 is 5.32 Å². The van der Waals surface area contributed by atoms with E-state index in [0.717, 1.165) is 20.8 Å². The molecule has 0 bridgehead atoms. The summed E-state index contributed by atoms with van der Waals surface area (Å²) in [4.78, 5) is 43.1. The first-order valence-electron chi connectivity index (χ1n) is 9.32. The van der Waals surface area contributed by atoms with Crippen LogP contribution in [-0.4, -0.2) is 52.8 Å². The zero-order chi connectivity index (χ0) is 20.4. The summed E-state index contributed by atoms with van der Waals surface area (Å²) in [6, 6.07) is 15.2. The standard InChI is InChI=1S/C21H20N4O3S/c1-24-13-19(27)25(21(24)28)11-5-10-18(26)22-15-7-4-6-14(12-15)20-23-16-8-2-3-9-17(16)29-20/h2-4,6-9,12H,5,10-11,13H2,1H3,(H,22,26). The average molecular weight is 408 g/mol. The van der Waals surface area contributed by atoms with Crippen molar-refractivity contribution in [3.8, 4) is 10.6 Å². The number of hydrogen-bond donors (Lipinski definition) is 1. The van der Waals surface area contributed by atoms with Gasteiger partial charge >= 0.3 is 6.03 Å². The van der Waals surface area contributed by atoms with Gasteiger partial charge in [0, 0.05) is 31.3 Å². The predicted octanol–water partition coefficient (Wildman–Crippen LogP) is 3.58. The lowest BCUT2D eigenvalue weighted by atomic mass is 10.2. The number of aromatic nitrogens is 1. The van der Waals surface area contributed by atoms with Crippen molar-refractivity contribution in [1.29, 1.82) is 0 Å². The van der Waals surface area contributed by atoms with Gasteiger partial charge in [-0.1, -0.05) is 24.3 Å². The molecule has 0 aliphatic carbocycles. The van der Waals surface area contributed by atoms with Crippen LogP contribution in [0.25, 0.3) is 20.8 Å². The Balaban J connectivity index is 1.36. The van der Waals surface area contributed by atoms with E-state index < -0.39 is 0 Å². The SMILES string of the molecule is CN1CC(=O)N(CCCC(=O)Nc2cccc(-c3nc4ccccc4s3)c2)C1=O. The number of benzene rings is 2. The molecular formula is C21H20N4O3S. The number of nitrogens with zero attached hydrogens (tertiary/aromatic N) is 3. The van der Waals surface area contributed by atoms with E-state index in [0.29, 0.717) is 12.1 Å². The first kappa shape index (κ1) is 19.1. The van der Waals surface area contributed by atoms with Gasteiger partial charge < -0.3 is 10.2 Å². The van der Waals surface area contributed by atoms with Gasteiger partial charge in [-0.3, -0.25) is 14.5 Å². The minimum atomic E-state index is -0.307. The van der Waals surface area contributed by atoms with Gasteiger partial charge in [-0.05, 0) is 30.7 Å². The topological polar surface area (TPSA) is 82.6 Å². The molecule has 1 aromatic heterocycles. The largest absolute Gasteiger partial charge is 0.326 e. The number of nitrogens with one attached hydrogen (secondary N) is 1. The van der Waals surface area contributed by atoms with Crippen LogP contribution in [0, 0.1) is 0 Å². The summed E-state index contributed by atoms with van der Waals surface area (Å²) < 4.78 is 1.12. The Morgan fingerprint density at radius 1 is 1.17 bits per heavy atom. The molecule has 0 radical (unpaired) electrons. The third-order valence-corrected chi connectivity index (χ3v) is 5.79. The number of carbonyl (C=O) groups excluding carboxylic acids is 3. The van der Waals surface area contributed by atoms with E-state index in [4.69, 9.17) is 0 Å². The predicted molar refractivity (Wildman–Crippen MR) is 113 cm³/mol. The minimum Gasteiger partial charge on any atom is -0.326 e. The van der Waals surface area contributed by atoms with Crippen molar-refractivity contribution in [3.05, 3.63) is 48.5 Å². The summed E-state index contributed by atoms with van der Waals surface area (Å²) >= 11 is 1.61. The summed E-state index contributed by atoms with van der Waals surface area (Å²) in [6.07, 6.45) is 0.654. The molecule has 1 aliphatic rings. The Kier molecular flexibility index (Phi) is 5.26. The third-order valence-electron chi connectivity index (χ3n) is 4.70. The number of carbonyl (C=O) groups is 3. The second-order valence-corrected chi connectivity index (χ2v) is 7.93. The fraction of sp³-hybridized carbons (Fsp3) is 0.238. The number of para-hydroxylation sites is 1. The number of rotatable bonds is 6. The summed E-state index contributed by atoms with van der Waals surface area (Å²) in [5.74, 6) is -0.375. The van der Waals surface area contributed by atoms with Crippen molar-refractivity contribution in [2.24, 2.45) is 0 Å². The molecule has 0 saturated carbocycles. The summed E-state index contributed by atoms with van der Waals surface area (Å²) in [5.41, 5.74) is 2.60. The maximum Gasteiger partial charge on any atom is 0.326 e. The van der Waals surface area contributed by atoms with Crippen molar-refractivity contribution in [1.82, 2.24) is 14.8 Å². The fourth-order valence-electron chi connectivity index (χ4n) is 3.24. The summed E-state index contributed by atoms with van der Waals surface area (Å²) in [7, 11) is 1.59. The highest BCUT2D eigenvalue weighted by Gasteiger charge is 2.32. The molecule has 0 spiro atoms. The van der Waals surface area contributed by atoms with Gasteiger partial charge in [-0.2, -0.15) is 0 Å². The highest BCUT2D eigenvalue weighted by molar-refractivity contribution is 7.21. The number of anilines is 1. The molecule has 2 aromatic carbocycles. The quantitative estimate of drug-likeness (QED) is 0.632. The molecule has 148 valence electrons. The molecule has 4 rings (SSSR count). The van der Waals surface area contributed by atoms with Crippen molar-refractivity contribution in [3.63, 3.8) is 0 Å². The van der Waals surface area contributed by atoms with Crippen molar-refractivity contribution < 1.29 is 14.4 Å². The summed E-state index contributed by atoms with van der Waals surface area (Å²) in [6.45, 7) is 0.352. The van der Waals surface area contributed by atoms with E-state index in [1.807, 2.05) is 48.5 Å². The van der Waals surface area contributed by atoms with E-state index in [2.05, 4.69) is 10.3 Å². The van der Waals surface area contributed by atoms with Crippen molar-refractivity contribution >= 4 is 45.1 Å². The zero-order valence-electron chi connectivity index (χ0n) is 15.9. The average Bonchev–Trinajstić information content (AvgIpc) is 3.24. The molecular weight excluding hydrogens is 388 g/mol. The van der Waals surface area contributed by atoms with Crippen molar-refractivity contribution in [2.45, 2.75) is 12.8 Å². The molecule has 29 heavy (non-hydrogen) atoms. The fourth-order valence-corrected chi connectivity index (χ4v) is 4.20. The first-order chi connectivity index (χ1) is 14.0. The number of urea groups is 1. The van der Waals surface area contributed by atoms with E-state index in [9.17, 15) is 14.4 Å². The molecule has 7 nitrogen and oxygen atoms in total. The van der Waals surface area contributed by atoms with Gasteiger partial charge in [0.05, 0.1) is 10.2 Å². The van der Waals surface area contributed by atoms with E-state index in [1.54, 1.807) is 18.4 Å². The maximum atomic E-state index is 12.3. The van der Waals surface area contributed by atoms with E-state index >= 15 is 0 Å². The Morgan fingerprint density at radius 3 is 2.76 bits per heavy atom. The molecule has 8 heteroatoms. The van der Waals surface area contributed by atoms with Crippen LogP contribution in [0.15, 0.2) is 48.5 Å². The highest BCUT2D eigenvalue weighted by atomic mass is 32.1. The number of thiazole rings is 1. The van der Waals surface area contributed by atoms with Crippen LogP contribution in [0.2, 0.25) is 0 Å². The van der Waals surface area contributed by atoms with Crippen LogP contribution in [0.5, 0.6) is 0 Å². The Labute approximate surface area is 171 Å². The second kappa shape index (κ2) is 8.00. The minimum absolute atomic E-state index is 0.101. The van der Waals surface area contributed by atoms with Gasteiger partial charge in [0.2, 0.25) is 11.8 Å². The lowest BCUT2D eigenvalue weighted by Crippen LogP contribution is -2.32. The molecule has 0 atom stereocenters. The smallest absolute Gasteiger partial charge is 0.326 e. The van der Waals surface area contributed by atoms with Crippen molar-refractivity contribution in [2.75, 3.05) is 25.5 Å². The lowest BCUT2D eigenvalue weighted by Gasteiger charge is -2.13. The molecule has 3 aromatic rings. The lowest BCUT2D eigenvalue weighted by molar-refractivity contribution is -0.125. The van der Waals surface area contributed by atoms with Gasteiger partial charge in [0.25, 0.3) is 0 Å². The highest BCUT2D eigenvalue weighted by Crippen LogP contribution is 2.31. The Hall–Kier alpha value is -3.26. The number of likely N-dealkylation sites (N-methyl/N-ethyl adjacent to an activating group) is 1. The number of hydrogen-bond acceptors (Lipinski definition) is 5. The van der Waals surface area contributed by atoms with Gasteiger partial charge in [0.15, 0.2) is 0 Å². The zero-order valence-corrected chi connectivity index (χ0v) is 16.7. The molecule has 0 unspecified atom stereocenters. The molecule has 4 amide bonds. The Bertz CT molecular complexity index is 1060. The Morgan fingerprint density at radius 2 is 2.00 bits per heavy atom. The maximum absolute atomic E-state index is 12.3. The van der Waals surface area contributed by atoms with E-state index in [-0.39, 0.29) is 37.4 Å². The molecule has 1 fully saturated rings. The monoisotopic (exact) mass is 408 g/mol.